The molecule has 0 aliphatic carbocycles. The number of carbonyl (C=O) groups is 1. The Hall–Kier alpha value is -0.650. The van der Waals surface area contributed by atoms with Gasteiger partial charge in [-0.05, 0) is 19.8 Å². The summed E-state index contributed by atoms with van der Waals surface area (Å²) in [6.07, 6.45) is 2.02. The van der Waals surface area contributed by atoms with Crippen LogP contribution >= 0.6 is 0 Å². The van der Waals surface area contributed by atoms with Crippen LogP contribution in [0.3, 0.4) is 0 Å². The van der Waals surface area contributed by atoms with Crippen molar-refractivity contribution in [2.24, 2.45) is 11.8 Å². The van der Waals surface area contributed by atoms with E-state index in [0.29, 0.717) is 12.6 Å². The minimum Gasteiger partial charge on any atom is -0.395 e. The third-order valence-electron chi connectivity index (χ3n) is 3.57. The van der Waals surface area contributed by atoms with Gasteiger partial charge in [0, 0.05) is 18.6 Å². The normalized spacial score (nSPS) is 15.1. The first-order chi connectivity index (χ1) is 8.03. The van der Waals surface area contributed by atoms with E-state index in [2.05, 4.69) is 24.2 Å². The fourth-order valence-electron chi connectivity index (χ4n) is 2.23. The molecule has 0 rings (SSSR count). The highest BCUT2D eigenvalue weighted by Crippen LogP contribution is 2.18. The van der Waals surface area contributed by atoms with Gasteiger partial charge in [-0.15, -0.1) is 0 Å². The van der Waals surface area contributed by atoms with E-state index >= 15 is 0 Å². The Morgan fingerprint density at radius 3 is 2.24 bits per heavy atom. The number of nitrogens with one attached hydrogen (secondary N) is 1. The standard InChI is InChI=1S/C12H27N3O2/c1-5-11(6-2)15(7-8-16)10(4)9(3)12(17)14-13/h9-11,16H,5-8,13H2,1-4H3,(H,14,17). The molecule has 0 fully saturated rings. The number of aliphatic hydroxyl groups excluding tert-OH is 1. The number of nitrogens with two attached hydrogens (primary N) is 1. The predicted molar refractivity (Wildman–Crippen MR) is 69.1 cm³/mol. The number of amides is 1. The lowest BCUT2D eigenvalue weighted by atomic mass is 9.98. The van der Waals surface area contributed by atoms with Crippen LogP contribution in [0.4, 0.5) is 0 Å². The van der Waals surface area contributed by atoms with Crippen molar-refractivity contribution in [1.29, 1.82) is 0 Å². The molecule has 0 heterocycles. The lowest BCUT2D eigenvalue weighted by molar-refractivity contribution is -0.127. The fraction of sp³-hybridized carbons (Fsp3) is 0.917. The van der Waals surface area contributed by atoms with Crippen LogP contribution in [0.25, 0.3) is 0 Å². The first-order valence-electron chi connectivity index (χ1n) is 6.40. The summed E-state index contributed by atoms with van der Waals surface area (Å²) < 4.78 is 0. The van der Waals surface area contributed by atoms with Gasteiger partial charge in [-0.1, -0.05) is 20.8 Å². The summed E-state index contributed by atoms with van der Waals surface area (Å²) in [4.78, 5) is 13.7. The SMILES string of the molecule is CCC(CC)N(CCO)C(C)C(C)C(=O)NN. The predicted octanol–water partition coefficient (Wildman–Crippen LogP) is 0.484. The maximum atomic E-state index is 11.5. The molecule has 0 saturated heterocycles. The Bertz CT molecular complexity index is 220. The fourth-order valence-corrected chi connectivity index (χ4v) is 2.23. The molecule has 2 atom stereocenters. The molecule has 0 saturated carbocycles. The van der Waals surface area contributed by atoms with Gasteiger partial charge in [0.1, 0.15) is 0 Å². The second kappa shape index (κ2) is 8.44. The summed E-state index contributed by atoms with van der Waals surface area (Å²) in [5.74, 6) is 4.81. The second-order valence-corrected chi connectivity index (χ2v) is 4.47. The highest BCUT2D eigenvalue weighted by Gasteiger charge is 2.28. The number of hydrogen-bond donors (Lipinski definition) is 3. The van der Waals surface area contributed by atoms with Gasteiger partial charge in [0.25, 0.3) is 0 Å². The van der Waals surface area contributed by atoms with E-state index in [9.17, 15) is 4.79 Å². The van der Waals surface area contributed by atoms with E-state index in [0.717, 1.165) is 12.8 Å². The molecule has 0 spiro atoms. The zero-order chi connectivity index (χ0) is 13.4. The van der Waals surface area contributed by atoms with E-state index in [1.807, 2.05) is 13.8 Å². The number of hydrogen-bond acceptors (Lipinski definition) is 4. The van der Waals surface area contributed by atoms with E-state index in [1.54, 1.807) is 0 Å². The van der Waals surface area contributed by atoms with Crippen LogP contribution in [0.5, 0.6) is 0 Å². The van der Waals surface area contributed by atoms with Crippen molar-refractivity contribution in [3.05, 3.63) is 0 Å². The van der Waals surface area contributed by atoms with Gasteiger partial charge < -0.3 is 5.11 Å². The number of rotatable bonds is 8. The summed E-state index contributed by atoms with van der Waals surface area (Å²) in [6.45, 7) is 8.82. The number of hydrazine groups is 1. The van der Waals surface area contributed by atoms with Crippen molar-refractivity contribution in [1.82, 2.24) is 10.3 Å². The summed E-state index contributed by atoms with van der Waals surface area (Å²) in [5.41, 5.74) is 2.19. The van der Waals surface area contributed by atoms with Gasteiger partial charge in [-0.3, -0.25) is 15.1 Å². The number of nitrogens with zero attached hydrogens (tertiary/aromatic N) is 1. The van der Waals surface area contributed by atoms with Crippen molar-refractivity contribution in [2.75, 3.05) is 13.2 Å². The maximum absolute atomic E-state index is 11.5. The molecule has 17 heavy (non-hydrogen) atoms. The molecular weight excluding hydrogens is 218 g/mol. The molecule has 0 radical (unpaired) electrons. The zero-order valence-corrected chi connectivity index (χ0v) is 11.4. The van der Waals surface area contributed by atoms with Crippen LogP contribution in [-0.2, 0) is 4.79 Å². The van der Waals surface area contributed by atoms with Crippen molar-refractivity contribution < 1.29 is 9.90 Å². The van der Waals surface area contributed by atoms with Gasteiger partial charge in [-0.25, -0.2) is 5.84 Å². The largest absolute Gasteiger partial charge is 0.395 e. The van der Waals surface area contributed by atoms with Crippen LogP contribution in [0.15, 0.2) is 0 Å². The van der Waals surface area contributed by atoms with E-state index < -0.39 is 0 Å². The van der Waals surface area contributed by atoms with Crippen molar-refractivity contribution in [3.63, 3.8) is 0 Å². The Morgan fingerprint density at radius 2 is 1.88 bits per heavy atom. The molecule has 5 nitrogen and oxygen atoms in total. The lowest BCUT2D eigenvalue weighted by Gasteiger charge is -2.37. The van der Waals surface area contributed by atoms with Crippen LogP contribution in [0.1, 0.15) is 40.5 Å². The molecule has 0 bridgehead atoms. The summed E-state index contributed by atoms with van der Waals surface area (Å²) >= 11 is 0. The van der Waals surface area contributed by atoms with Crippen LogP contribution in [-0.4, -0.2) is 41.1 Å². The minimum absolute atomic E-state index is 0.0654. The van der Waals surface area contributed by atoms with E-state index in [4.69, 9.17) is 10.9 Å². The van der Waals surface area contributed by atoms with Crippen molar-refractivity contribution in [3.8, 4) is 0 Å². The Labute approximate surface area is 104 Å². The third kappa shape index (κ3) is 4.61. The molecule has 0 aliphatic rings. The molecule has 4 N–H and O–H groups in total. The topological polar surface area (TPSA) is 78.6 Å². The zero-order valence-electron chi connectivity index (χ0n) is 11.4. The van der Waals surface area contributed by atoms with E-state index in [-0.39, 0.29) is 24.5 Å². The molecule has 2 unspecified atom stereocenters. The quantitative estimate of drug-likeness (QED) is 0.330. The molecule has 102 valence electrons. The highest BCUT2D eigenvalue weighted by atomic mass is 16.3. The lowest BCUT2D eigenvalue weighted by Crippen LogP contribution is -2.50. The van der Waals surface area contributed by atoms with Gasteiger partial charge in [0.05, 0.1) is 12.5 Å². The second-order valence-electron chi connectivity index (χ2n) is 4.47. The molecule has 0 aromatic heterocycles. The molecule has 5 heteroatoms. The van der Waals surface area contributed by atoms with Crippen LogP contribution < -0.4 is 11.3 Å². The monoisotopic (exact) mass is 245 g/mol. The van der Waals surface area contributed by atoms with Crippen LogP contribution in [0, 0.1) is 5.92 Å². The first kappa shape index (κ1) is 16.4. The smallest absolute Gasteiger partial charge is 0.238 e. The minimum atomic E-state index is -0.188. The molecular formula is C12H27N3O2. The first-order valence-corrected chi connectivity index (χ1v) is 6.40. The highest BCUT2D eigenvalue weighted by molar-refractivity contribution is 5.78. The Morgan fingerprint density at radius 1 is 1.35 bits per heavy atom. The molecule has 0 aliphatic heterocycles. The van der Waals surface area contributed by atoms with E-state index in [1.165, 1.54) is 0 Å². The van der Waals surface area contributed by atoms with Gasteiger partial charge >= 0.3 is 0 Å². The maximum Gasteiger partial charge on any atom is 0.238 e. The number of carbonyl (C=O) groups excluding carboxylic acids is 1. The van der Waals surface area contributed by atoms with Gasteiger partial charge in [-0.2, -0.15) is 0 Å². The van der Waals surface area contributed by atoms with Gasteiger partial charge in [0.15, 0.2) is 0 Å². The molecule has 0 aromatic rings. The average molecular weight is 245 g/mol. The number of aliphatic hydroxyl groups is 1. The van der Waals surface area contributed by atoms with Gasteiger partial charge in [0.2, 0.25) is 5.91 Å². The Kier molecular flexibility index (Phi) is 8.12. The molecule has 1 amide bonds. The van der Waals surface area contributed by atoms with Crippen LogP contribution in [0.2, 0.25) is 0 Å². The van der Waals surface area contributed by atoms with Crippen molar-refractivity contribution >= 4 is 5.91 Å². The molecule has 0 aromatic carbocycles. The summed E-state index contributed by atoms with van der Waals surface area (Å²) in [6, 6.07) is 0.459. The Balaban J connectivity index is 4.73. The summed E-state index contributed by atoms with van der Waals surface area (Å²) in [7, 11) is 0. The summed E-state index contributed by atoms with van der Waals surface area (Å²) in [5, 5.41) is 9.14. The van der Waals surface area contributed by atoms with Crippen molar-refractivity contribution in [2.45, 2.75) is 52.6 Å². The third-order valence-corrected chi connectivity index (χ3v) is 3.57. The average Bonchev–Trinajstić information content (AvgIpc) is 2.36.